The minimum absolute atomic E-state index is 0.0625. The molecular weight excluding hydrogens is 421 g/mol. The van der Waals surface area contributed by atoms with Gasteiger partial charge in [-0.05, 0) is 50.1 Å². The van der Waals surface area contributed by atoms with Crippen LogP contribution in [0.25, 0.3) is 0 Å². The third kappa shape index (κ3) is 2.13. The summed E-state index contributed by atoms with van der Waals surface area (Å²) in [4.78, 5) is 43.9. The van der Waals surface area contributed by atoms with E-state index in [0.717, 1.165) is 16.9 Å². The lowest BCUT2D eigenvalue weighted by molar-refractivity contribution is -0.135. The summed E-state index contributed by atoms with van der Waals surface area (Å²) in [6.45, 7) is 2.49. The van der Waals surface area contributed by atoms with Gasteiger partial charge in [0.15, 0.2) is 0 Å². The highest BCUT2D eigenvalue weighted by Gasteiger charge is 2.75. The fourth-order valence-electron chi connectivity index (χ4n) is 6.27. The van der Waals surface area contributed by atoms with Crippen LogP contribution in [0.15, 0.2) is 36.4 Å². The van der Waals surface area contributed by atoms with Crippen LogP contribution in [-0.4, -0.2) is 35.2 Å². The van der Waals surface area contributed by atoms with Crippen LogP contribution in [0.5, 0.6) is 0 Å². The topological polar surface area (TPSA) is 69.7 Å². The zero-order valence-corrected chi connectivity index (χ0v) is 17.4. The lowest BCUT2D eigenvalue weighted by atomic mass is 9.75. The van der Waals surface area contributed by atoms with Gasteiger partial charge >= 0.3 is 0 Å². The van der Waals surface area contributed by atoms with E-state index in [1.54, 1.807) is 12.1 Å². The number of nitrogens with zero attached hydrogens (tertiary/aromatic N) is 2. The zero-order valence-electron chi connectivity index (χ0n) is 16.7. The van der Waals surface area contributed by atoms with Gasteiger partial charge in [0, 0.05) is 11.6 Å². The molecule has 6 rings (SSSR count). The van der Waals surface area contributed by atoms with Crippen molar-refractivity contribution in [2.24, 2.45) is 11.8 Å². The fraction of sp³-hybridized carbons (Fsp3) is 0.348. The number of aryl methyl sites for hydroxylation is 1. The lowest BCUT2D eigenvalue weighted by Gasteiger charge is -2.36. The number of imide groups is 1. The van der Waals surface area contributed by atoms with Gasteiger partial charge in [-0.1, -0.05) is 29.8 Å². The molecule has 4 atom stereocenters. The number of anilines is 2. The molecule has 0 aliphatic carbocycles. The molecule has 2 aromatic carbocycles. The highest BCUT2D eigenvalue weighted by molar-refractivity contribution is 6.35. The number of amides is 3. The van der Waals surface area contributed by atoms with Crippen molar-refractivity contribution in [1.82, 2.24) is 4.90 Å². The largest absolute Gasteiger partial charge is 0.323 e. The van der Waals surface area contributed by atoms with Crippen molar-refractivity contribution in [3.63, 3.8) is 0 Å². The number of halogens is 2. The summed E-state index contributed by atoms with van der Waals surface area (Å²) >= 11 is 6.45. The first-order valence-corrected chi connectivity index (χ1v) is 10.8. The number of rotatable bonds is 1. The maximum Gasteiger partial charge on any atom is 0.250 e. The Morgan fingerprint density at radius 2 is 1.94 bits per heavy atom. The van der Waals surface area contributed by atoms with Crippen molar-refractivity contribution in [3.8, 4) is 0 Å². The molecule has 0 aromatic heterocycles. The van der Waals surface area contributed by atoms with Crippen LogP contribution in [0.4, 0.5) is 15.8 Å². The van der Waals surface area contributed by atoms with Gasteiger partial charge in [0.2, 0.25) is 11.8 Å². The van der Waals surface area contributed by atoms with Gasteiger partial charge in [-0.3, -0.25) is 19.3 Å². The molecule has 3 fully saturated rings. The van der Waals surface area contributed by atoms with E-state index in [9.17, 15) is 18.8 Å². The minimum atomic E-state index is -1.32. The van der Waals surface area contributed by atoms with Gasteiger partial charge in [0.05, 0.1) is 28.2 Å². The normalized spacial score (nSPS) is 31.4. The van der Waals surface area contributed by atoms with Gasteiger partial charge in [-0.2, -0.15) is 0 Å². The summed E-state index contributed by atoms with van der Waals surface area (Å²) in [5, 5.41) is 3.29. The Morgan fingerprint density at radius 1 is 1.16 bits per heavy atom. The van der Waals surface area contributed by atoms with E-state index in [4.69, 9.17) is 11.6 Å². The predicted octanol–water partition coefficient (Wildman–Crippen LogP) is 3.22. The molecule has 6 nitrogen and oxygen atoms in total. The van der Waals surface area contributed by atoms with Gasteiger partial charge in [0.25, 0.3) is 5.91 Å². The second kappa shape index (κ2) is 6.14. The molecule has 3 saturated heterocycles. The molecule has 158 valence electrons. The smallest absolute Gasteiger partial charge is 0.250 e. The van der Waals surface area contributed by atoms with Crippen molar-refractivity contribution in [1.29, 1.82) is 0 Å². The van der Waals surface area contributed by atoms with Crippen molar-refractivity contribution >= 4 is 40.7 Å². The molecule has 0 bridgehead atoms. The summed E-state index contributed by atoms with van der Waals surface area (Å²) in [6, 6.07) is 9.13. The van der Waals surface area contributed by atoms with Crippen LogP contribution in [0.2, 0.25) is 5.02 Å². The molecule has 0 radical (unpaired) electrons. The summed E-state index contributed by atoms with van der Waals surface area (Å²) in [5.41, 5.74) is 0.615. The monoisotopic (exact) mass is 439 g/mol. The van der Waals surface area contributed by atoms with Crippen LogP contribution in [-0.2, 0) is 19.9 Å². The molecule has 8 heteroatoms. The van der Waals surface area contributed by atoms with E-state index in [-0.39, 0.29) is 17.6 Å². The van der Waals surface area contributed by atoms with Gasteiger partial charge < -0.3 is 5.32 Å². The summed E-state index contributed by atoms with van der Waals surface area (Å²) in [6.07, 6.45) is 1.52. The molecule has 4 unspecified atom stereocenters. The Bertz CT molecular complexity index is 1200. The molecule has 3 amide bonds. The Balaban J connectivity index is 1.60. The SMILES string of the molecule is Cc1cc(Cl)c2c(c1)C1(C(=O)N2)C2C(=O)N(c3ccccc3F)C(=O)C2C2CCCN21. The average Bonchev–Trinajstić information content (AvgIpc) is 3.42. The van der Waals surface area contributed by atoms with Crippen LogP contribution >= 0.6 is 11.6 Å². The van der Waals surface area contributed by atoms with Crippen molar-refractivity contribution in [3.05, 3.63) is 58.4 Å². The molecule has 1 N–H and O–H groups in total. The van der Waals surface area contributed by atoms with Crippen molar-refractivity contribution < 1.29 is 18.8 Å². The summed E-state index contributed by atoms with van der Waals surface area (Å²) in [5.74, 6) is -3.58. The Hall–Kier alpha value is -2.77. The summed E-state index contributed by atoms with van der Waals surface area (Å²) < 4.78 is 14.6. The molecule has 4 aliphatic heterocycles. The number of para-hydroxylation sites is 1. The molecule has 1 spiro atoms. The standard InChI is InChI=1S/C23H19ClFN3O3/c1-11-9-12-19(13(24)10-11)26-22(31)23(12)18-17(16-7-4-8-27(16)23)20(29)28(21(18)30)15-6-3-2-5-14(15)25/h2-3,5-6,9-10,16-18H,4,7-8H2,1H3,(H,26,31). The van der Waals surface area contributed by atoms with Crippen LogP contribution in [0, 0.1) is 24.6 Å². The van der Waals surface area contributed by atoms with E-state index in [0.29, 0.717) is 29.2 Å². The predicted molar refractivity (Wildman–Crippen MR) is 112 cm³/mol. The van der Waals surface area contributed by atoms with Crippen molar-refractivity contribution in [2.45, 2.75) is 31.3 Å². The molecule has 31 heavy (non-hydrogen) atoms. The average molecular weight is 440 g/mol. The second-order valence-electron chi connectivity index (χ2n) is 8.76. The number of hydrogen-bond donors (Lipinski definition) is 1. The maximum atomic E-state index is 14.6. The quantitative estimate of drug-likeness (QED) is 0.693. The van der Waals surface area contributed by atoms with E-state index < -0.39 is 35.0 Å². The molecule has 4 aliphatic rings. The molecule has 0 saturated carbocycles. The first-order valence-electron chi connectivity index (χ1n) is 10.4. The Morgan fingerprint density at radius 3 is 2.71 bits per heavy atom. The maximum absolute atomic E-state index is 14.6. The Labute approximate surface area is 183 Å². The lowest BCUT2D eigenvalue weighted by Crippen LogP contribution is -2.54. The third-order valence-electron chi connectivity index (χ3n) is 7.29. The van der Waals surface area contributed by atoms with Gasteiger partial charge in [-0.15, -0.1) is 0 Å². The Kier molecular flexibility index (Phi) is 3.76. The number of nitrogens with one attached hydrogen (secondary N) is 1. The van der Waals surface area contributed by atoms with E-state index in [1.165, 1.54) is 18.2 Å². The van der Waals surface area contributed by atoms with E-state index in [2.05, 4.69) is 5.32 Å². The number of hydrogen-bond acceptors (Lipinski definition) is 4. The fourth-order valence-corrected chi connectivity index (χ4v) is 6.59. The minimum Gasteiger partial charge on any atom is -0.323 e. The number of carbonyl (C=O) groups is 3. The number of fused-ring (bicyclic) bond motifs is 7. The van der Waals surface area contributed by atoms with E-state index >= 15 is 0 Å². The number of benzene rings is 2. The first kappa shape index (κ1) is 19.0. The summed E-state index contributed by atoms with van der Waals surface area (Å²) in [7, 11) is 0. The highest BCUT2D eigenvalue weighted by atomic mass is 35.5. The molecule has 4 heterocycles. The first-order chi connectivity index (χ1) is 14.9. The molecular formula is C23H19ClFN3O3. The van der Waals surface area contributed by atoms with Gasteiger partial charge in [0.1, 0.15) is 11.4 Å². The highest BCUT2D eigenvalue weighted by Crippen LogP contribution is 2.61. The van der Waals surface area contributed by atoms with Crippen LogP contribution in [0.3, 0.4) is 0 Å². The van der Waals surface area contributed by atoms with Gasteiger partial charge in [-0.25, -0.2) is 9.29 Å². The zero-order chi connectivity index (χ0) is 21.7. The number of carbonyl (C=O) groups excluding carboxylic acids is 3. The van der Waals surface area contributed by atoms with E-state index in [1.807, 2.05) is 17.9 Å². The van der Waals surface area contributed by atoms with Crippen molar-refractivity contribution in [2.75, 3.05) is 16.8 Å². The van der Waals surface area contributed by atoms with Crippen LogP contribution in [0.1, 0.15) is 24.0 Å². The third-order valence-corrected chi connectivity index (χ3v) is 7.59. The van der Waals surface area contributed by atoms with Crippen LogP contribution < -0.4 is 10.2 Å². The second-order valence-corrected chi connectivity index (χ2v) is 9.17. The molecule has 2 aromatic rings.